The van der Waals surface area contributed by atoms with E-state index >= 15 is 0 Å². The van der Waals surface area contributed by atoms with Gasteiger partial charge in [-0.1, -0.05) is 24.3 Å². The molecule has 2 atom stereocenters. The van der Waals surface area contributed by atoms with Crippen LogP contribution in [0.5, 0.6) is 0 Å². The number of hydrogen-bond acceptors (Lipinski definition) is 3. The quantitative estimate of drug-likeness (QED) is 0.881. The zero-order chi connectivity index (χ0) is 15.0. The molecule has 2 aliphatic rings. The smallest absolute Gasteiger partial charge is 0.326 e. The molecule has 0 aromatic heterocycles. The van der Waals surface area contributed by atoms with Crippen molar-refractivity contribution in [1.82, 2.24) is 9.80 Å². The van der Waals surface area contributed by atoms with E-state index in [4.69, 9.17) is 0 Å². The third-order valence-electron chi connectivity index (χ3n) is 4.56. The van der Waals surface area contributed by atoms with Crippen LogP contribution >= 0.6 is 0 Å². The summed E-state index contributed by atoms with van der Waals surface area (Å²) in [7, 11) is 1.99. The van der Waals surface area contributed by atoms with Gasteiger partial charge in [0.25, 0.3) is 0 Å². The Morgan fingerprint density at radius 2 is 1.95 bits per heavy atom. The Hall–Kier alpha value is -1.88. The lowest BCUT2D eigenvalue weighted by atomic mass is 9.92. The number of carboxylic acids is 1. The van der Waals surface area contributed by atoms with Gasteiger partial charge in [-0.15, -0.1) is 0 Å². The monoisotopic (exact) mass is 288 g/mol. The van der Waals surface area contributed by atoms with Crippen LogP contribution in [0.15, 0.2) is 24.3 Å². The molecule has 0 radical (unpaired) electrons. The highest BCUT2D eigenvalue weighted by molar-refractivity contribution is 5.86. The van der Waals surface area contributed by atoms with Gasteiger partial charge >= 0.3 is 5.97 Å². The Morgan fingerprint density at radius 3 is 2.57 bits per heavy atom. The van der Waals surface area contributed by atoms with Crippen molar-refractivity contribution in [3.05, 3.63) is 35.4 Å². The van der Waals surface area contributed by atoms with Crippen molar-refractivity contribution in [2.45, 2.75) is 25.4 Å². The van der Waals surface area contributed by atoms with Crippen LogP contribution in [0.2, 0.25) is 0 Å². The highest BCUT2D eigenvalue weighted by Gasteiger charge is 2.38. The van der Waals surface area contributed by atoms with E-state index in [9.17, 15) is 14.7 Å². The van der Waals surface area contributed by atoms with Gasteiger partial charge in [-0.2, -0.15) is 0 Å². The normalized spacial score (nSPS) is 25.7. The lowest BCUT2D eigenvalue weighted by molar-refractivity contribution is -0.153. The third-order valence-corrected chi connectivity index (χ3v) is 4.56. The second-order valence-electron chi connectivity index (χ2n) is 6.04. The first-order chi connectivity index (χ1) is 10.1. The van der Waals surface area contributed by atoms with Crippen molar-refractivity contribution in [2.75, 3.05) is 20.1 Å². The predicted molar refractivity (Wildman–Crippen MR) is 77.7 cm³/mol. The minimum absolute atomic E-state index is 0.0127. The van der Waals surface area contributed by atoms with Crippen molar-refractivity contribution >= 4 is 11.9 Å². The summed E-state index contributed by atoms with van der Waals surface area (Å²) in [6.07, 6.45) is 1.22. The number of carboxylic acid groups (broad SMARTS) is 1. The molecule has 1 aromatic carbocycles. The van der Waals surface area contributed by atoms with Gasteiger partial charge in [0.05, 0.1) is 5.92 Å². The Kier molecular flexibility index (Phi) is 3.68. The number of likely N-dealkylation sites (tertiary alicyclic amines) is 1. The molecule has 0 aliphatic carbocycles. The first-order valence-corrected chi connectivity index (χ1v) is 7.35. The number of benzene rings is 1. The molecule has 21 heavy (non-hydrogen) atoms. The van der Waals surface area contributed by atoms with E-state index in [1.165, 1.54) is 0 Å². The summed E-state index contributed by atoms with van der Waals surface area (Å²) in [6.45, 7) is 2.04. The SMILES string of the molecule is CN1CCC(C(=O)N2Cc3ccccc3CC2C(=O)O)C1. The van der Waals surface area contributed by atoms with Crippen LogP contribution in [0.1, 0.15) is 17.5 Å². The molecular formula is C16H20N2O3. The van der Waals surface area contributed by atoms with Gasteiger partial charge < -0.3 is 14.9 Å². The first-order valence-electron chi connectivity index (χ1n) is 7.35. The highest BCUT2D eigenvalue weighted by atomic mass is 16.4. The minimum atomic E-state index is -0.913. The molecule has 3 rings (SSSR count). The van der Waals surface area contributed by atoms with E-state index in [1.54, 1.807) is 4.90 Å². The molecule has 1 N–H and O–H groups in total. The molecular weight excluding hydrogens is 268 g/mol. The Bertz CT molecular complexity index is 572. The van der Waals surface area contributed by atoms with Crippen molar-refractivity contribution < 1.29 is 14.7 Å². The van der Waals surface area contributed by atoms with Crippen molar-refractivity contribution in [3.8, 4) is 0 Å². The standard InChI is InChI=1S/C16H20N2O3/c1-17-7-6-13(9-17)15(19)18-10-12-5-3-2-4-11(12)8-14(18)16(20)21/h2-5,13-14H,6-10H2,1H3,(H,20,21). The number of hydrogen-bond donors (Lipinski definition) is 1. The number of carbonyl (C=O) groups is 2. The molecule has 2 unspecified atom stereocenters. The second kappa shape index (κ2) is 5.48. The van der Waals surface area contributed by atoms with Gasteiger partial charge in [0, 0.05) is 19.5 Å². The molecule has 1 aromatic rings. The fraction of sp³-hybridized carbons (Fsp3) is 0.500. The average molecular weight is 288 g/mol. The number of fused-ring (bicyclic) bond motifs is 1. The van der Waals surface area contributed by atoms with Crippen LogP contribution in [0.25, 0.3) is 0 Å². The molecule has 5 heteroatoms. The Labute approximate surface area is 124 Å². The molecule has 5 nitrogen and oxygen atoms in total. The van der Waals surface area contributed by atoms with Gasteiger partial charge in [-0.25, -0.2) is 4.79 Å². The average Bonchev–Trinajstić information content (AvgIpc) is 2.91. The third kappa shape index (κ3) is 2.65. The van der Waals surface area contributed by atoms with Crippen LogP contribution < -0.4 is 0 Å². The van der Waals surface area contributed by atoms with Gasteiger partial charge in [-0.3, -0.25) is 4.79 Å². The van der Waals surface area contributed by atoms with Gasteiger partial charge in [0.2, 0.25) is 5.91 Å². The zero-order valence-electron chi connectivity index (χ0n) is 12.2. The summed E-state index contributed by atoms with van der Waals surface area (Å²) in [4.78, 5) is 27.9. The molecule has 0 bridgehead atoms. The van der Waals surface area contributed by atoms with Crippen molar-refractivity contribution in [3.63, 3.8) is 0 Å². The molecule has 1 saturated heterocycles. The van der Waals surface area contributed by atoms with E-state index < -0.39 is 12.0 Å². The maximum atomic E-state index is 12.7. The molecule has 112 valence electrons. The fourth-order valence-corrected chi connectivity index (χ4v) is 3.35. The lowest BCUT2D eigenvalue weighted by Gasteiger charge is -2.36. The summed E-state index contributed by atoms with van der Waals surface area (Å²) < 4.78 is 0. The van der Waals surface area contributed by atoms with Gasteiger partial charge in [0.15, 0.2) is 0 Å². The Morgan fingerprint density at radius 1 is 1.24 bits per heavy atom. The molecule has 2 heterocycles. The lowest BCUT2D eigenvalue weighted by Crippen LogP contribution is -2.50. The number of nitrogens with zero attached hydrogens (tertiary/aromatic N) is 2. The first kappa shape index (κ1) is 14.1. The van der Waals surface area contributed by atoms with Gasteiger partial charge in [-0.05, 0) is 31.1 Å². The summed E-state index contributed by atoms with van der Waals surface area (Å²) >= 11 is 0. The van der Waals surface area contributed by atoms with E-state index in [0.29, 0.717) is 13.0 Å². The Balaban J connectivity index is 1.85. The topological polar surface area (TPSA) is 60.9 Å². The van der Waals surface area contributed by atoms with Gasteiger partial charge in [0.1, 0.15) is 6.04 Å². The van der Waals surface area contributed by atoms with Crippen LogP contribution in [0.3, 0.4) is 0 Å². The minimum Gasteiger partial charge on any atom is -0.480 e. The van der Waals surface area contributed by atoms with Crippen molar-refractivity contribution in [2.24, 2.45) is 5.92 Å². The highest BCUT2D eigenvalue weighted by Crippen LogP contribution is 2.27. The summed E-state index contributed by atoms with van der Waals surface area (Å²) in [6, 6.07) is 7.05. The van der Waals surface area contributed by atoms with E-state index in [1.807, 2.05) is 31.3 Å². The number of aliphatic carboxylic acids is 1. The fourth-order valence-electron chi connectivity index (χ4n) is 3.35. The maximum Gasteiger partial charge on any atom is 0.326 e. The van der Waals surface area contributed by atoms with Crippen LogP contribution in [-0.2, 0) is 22.6 Å². The molecule has 2 aliphatic heterocycles. The molecule has 1 fully saturated rings. The maximum absolute atomic E-state index is 12.7. The van der Waals surface area contributed by atoms with Crippen molar-refractivity contribution in [1.29, 1.82) is 0 Å². The predicted octanol–water partition coefficient (Wildman–Crippen LogP) is 0.976. The molecule has 1 amide bonds. The summed E-state index contributed by atoms with van der Waals surface area (Å²) in [5.41, 5.74) is 2.10. The number of rotatable bonds is 2. The largest absolute Gasteiger partial charge is 0.480 e. The van der Waals surface area contributed by atoms with E-state index in [-0.39, 0.29) is 11.8 Å². The number of amides is 1. The molecule has 0 spiro atoms. The van der Waals surface area contributed by atoms with E-state index in [2.05, 4.69) is 4.90 Å². The number of carbonyl (C=O) groups excluding carboxylic acids is 1. The zero-order valence-corrected chi connectivity index (χ0v) is 12.2. The van der Waals surface area contributed by atoms with Crippen LogP contribution in [-0.4, -0.2) is 53.0 Å². The van der Waals surface area contributed by atoms with E-state index in [0.717, 1.165) is 30.6 Å². The second-order valence-corrected chi connectivity index (χ2v) is 6.04. The summed E-state index contributed by atoms with van der Waals surface area (Å²) in [5.74, 6) is -0.993. The molecule has 0 saturated carbocycles. The summed E-state index contributed by atoms with van der Waals surface area (Å²) in [5, 5.41) is 9.47. The van der Waals surface area contributed by atoms with Crippen LogP contribution in [0.4, 0.5) is 0 Å². The van der Waals surface area contributed by atoms with Crippen LogP contribution in [0, 0.1) is 5.92 Å².